The SMILES string of the molecule is Cc1ccc(Oc2cc(Sc3ccccn3)cnc2Nc2nc(C(O)CO)cs2)cn1. The standard InChI is InChI=1S/C21H19N5O3S2/c1-13-5-6-14(9-23-13)29-18-8-15(31-19-4-2-3-7-22-19)10-24-20(18)26-21-25-16(12-30-21)17(28)11-27/h2-10,12,17,27-28H,11H2,1H3,(H,24,25,26). The molecule has 0 amide bonds. The molecule has 0 saturated carbocycles. The maximum Gasteiger partial charge on any atom is 0.188 e. The van der Waals surface area contributed by atoms with Crippen molar-refractivity contribution in [2.45, 2.75) is 22.9 Å². The van der Waals surface area contributed by atoms with E-state index in [9.17, 15) is 5.11 Å². The smallest absolute Gasteiger partial charge is 0.188 e. The van der Waals surface area contributed by atoms with Crippen LogP contribution in [0, 0.1) is 6.92 Å². The highest BCUT2D eigenvalue weighted by molar-refractivity contribution is 7.99. The highest BCUT2D eigenvalue weighted by Gasteiger charge is 2.15. The first-order chi connectivity index (χ1) is 15.1. The van der Waals surface area contributed by atoms with Crippen LogP contribution in [0.15, 0.2) is 70.3 Å². The topological polar surface area (TPSA) is 113 Å². The van der Waals surface area contributed by atoms with Gasteiger partial charge in [-0.25, -0.2) is 15.0 Å². The van der Waals surface area contributed by atoms with E-state index >= 15 is 0 Å². The Bertz CT molecular complexity index is 1140. The van der Waals surface area contributed by atoms with Crippen LogP contribution in [0.5, 0.6) is 11.5 Å². The lowest BCUT2D eigenvalue weighted by Gasteiger charge is -2.12. The molecule has 1 atom stereocenters. The number of ether oxygens (including phenoxy) is 1. The fraction of sp³-hybridized carbons (Fsp3) is 0.143. The Morgan fingerprint density at radius 1 is 1.16 bits per heavy atom. The summed E-state index contributed by atoms with van der Waals surface area (Å²) >= 11 is 2.77. The van der Waals surface area contributed by atoms with E-state index in [0.717, 1.165) is 15.6 Å². The molecule has 10 heteroatoms. The first-order valence-electron chi connectivity index (χ1n) is 9.31. The van der Waals surface area contributed by atoms with Crippen molar-refractivity contribution in [3.8, 4) is 11.5 Å². The quantitative estimate of drug-likeness (QED) is 0.358. The number of aliphatic hydroxyl groups is 2. The van der Waals surface area contributed by atoms with Crippen LogP contribution < -0.4 is 10.1 Å². The number of nitrogens with zero attached hydrogens (tertiary/aromatic N) is 4. The zero-order valence-electron chi connectivity index (χ0n) is 16.5. The molecule has 0 aliphatic carbocycles. The number of rotatable bonds is 8. The van der Waals surface area contributed by atoms with E-state index in [1.54, 1.807) is 24.0 Å². The van der Waals surface area contributed by atoms with Crippen LogP contribution in [0.25, 0.3) is 0 Å². The number of nitrogens with one attached hydrogen (secondary N) is 1. The van der Waals surface area contributed by atoms with Crippen LogP contribution in [-0.4, -0.2) is 36.8 Å². The lowest BCUT2D eigenvalue weighted by atomic mass is 10.3. The molecular formula is C21H19N5O3S2. The Balaban J connectivity index is 1.62. The summed E-state index contributed by atoms with van der Waals surface area (Å²) < 4.78 is 6.06. The second-order valence-electron chi connectivity index (χ2n) is 6.43. The van der Waals surface area contributed by atoms with E-state index in [0.29, 0.717) is 28.1 Å². The molecule has 31 heavy (non-hydrogen) atoms. The van der Waals surface area contributed by atoms with E-state index in [2.05, 4.69) is 25.3 Å². The van der Waals surface area contributed by atoms with Crippen molar-refractivity contribution in [1.29, 1.82) is 0 Å². The van der Waals surface area contributed by atoms with Crippen molar-refractivity contribution >= 4 is 34.0 Å². The van der Waals surface area contributed by atoms with E-state index < -0.39 is 12.7 Å². The molecule has 158 valence electrons. The molecule has 4 aromatic heterocycles. The molecule has 0 fully saturated rings. The number of aliphatic hydroxyl groups excluding tert-OH is 2. The normalized spacial score (nSPS) is 11.8. The number of pyridine rings is 3. The summed E-state index contributed by atoms with van der Waals surface area (Å²) in [6.07, 6.45) is 4.09. The summed E-state index contributed by atoms with van der Waals surface area (Å²) in [5.41, 5.74) is 1.28. The van der Waals surface area contributed by atoms with Crippen LogP contribution in [-0.2, 0) is 0 Å². The van der Waals surface area contributed by atoms with Gasteiger partial charge in [0, 0.05) is 34.4 Å². The largest absolute Gasteiger partial charge is 0.452 e. The van der Waals surface area contributed by atoms with Crippen molar-refractivity contribution in [3.05, 3.63) is 71.8 Å². The average molecular weight is 454 g/mol. The molecule has 4 heterocycles. The van der Waals surface area contributed by atoms with Gasteiger partial charge in [0.15, 0.2) is 16.7 Å². The maximum absolute atomic E-state index is 9.77. The molecule has 0 bridgehead atoms. The Kier molecular flexibility index (Phi) is 6.73. The molecule has 8 nitrogen and oxygen atoms in total. The Labute approximate surface area is 187 Å². The Morgan fingerprint density at radius 2 is 2.06 bits per heavy atom. The molecule has 0 aliphatic heterocycles. The minimum absolute atomic E-state index is 0.391. The molecule has 0 saturated heterocycles. The second kappa shape index (κ2) is 9.84. The predicted octanol–water partition coefficient (Wildman–Crippen LogP) is 4.35. The maximum atomic E-state index is 9.77. The lowest BCUT2D eigenvalue weighted by molar-refractivity contribution is 0.0928. The number of anilines is 2. The van der Waals surface area contributed by atoms with Crippen molar-refractivity contribution in [2.75, 3.05) is 11.9 Å². The fourth-order valence-electron chi connectivity index (χ4n) is 2.52. The van der Waals surface area contributed by atoms with Gasteiger partial charge in [0.1, 0.15) is 16.9 Å². The van der Waals surface area contributed by atoms with Crippen LogP contribution in [0.3, 0.4) is 0 Å². The van der Waals surface area contributed by atoms with E-state index in [-0.39, 0.29) is 0 Å². The summed E-state index contributed by atoms with van der Waals surface area (Å²) in [6, 6.07) is 11.3. The zero-order valence-corrected chi connectivity index (χ0v) is 18.1. The van der Waals surface area contributed by atoms with Gasteiger partial charge in [0.25, 0.3) is 0 Å². The van der Waals surface area contributed by atoms with Crippen molar-refractivity contribution in [3.63, 3.8) is 0 Å². The molecule has 0 spiro atoms. The molecular weight excluding hydrogens is 434 g/mol. The van der Waals surface area contributed by atoms with Gasteiger partial charge in [0.05, 0.1) is 18.5 Å². The van der Waals surface area contributed by atoms with Crippen molar-refractivity contribution < 1.29 is 14.9 Å². The highest BCUT2D eigenvalue weighted by Crippen LogP contribution is 2.36. The van der Waals surface area contributed by atoms with E-state index in [1.165, 1.54) is 23.1 Å². The Morgan fingerprint density at radius 3 is 2.81 bits per heavy atom. The van der Waals surface area contributed by atoms with Gasteiger partial charge in [-0.05, 0) is 31.2 Å². The number of aryl methyl sites for hydroxylation is 1. The summed E-state index contributed by atoms with van der Waals surface area (Å²) in [7, 11) is 0. The van der Waals surface area contributed by atoms with Crippen LogP contribution in [0.2, 0.25) is 0 Å². The summed E-state index contributed by atoms with van der Waals surface area (Å²) in [6.45, 7) is 1.51. The van der Waals surface area contributed by atoms with Crippen LogP contribution >= 0.6 is 23.1 Å². The summed E-state index contributed by atoms with van der Waals surface area (Å²) in [5, 5.41) is 25.1. The van der Waals surface area contributed by atoms with Gasteiger partial charge in [-0.1, -0.05) is 17.8 Å². The lowest BCUT2D eigenvalue weighted by Crippen LogP contribution is -2.03. The third-order valence-electron chi connectivity index (χ3n) is 4.06. The number of thiazole rings is 1. The van der Waals surface area contributed by atoms with Crippen LogP contribution in [0.1, 0.15) is 17.5 Å². The average Bonchev–Trinajstić information content (AvgIpc) is 3.26. The van der Waals surface area contributed by atoms with Crippen molar-refractivity contribution in [1.82, 2.24) is 19.9 Å². The van der Waals surface area contributed by atoms with Gasteiger partial charge >= 0.3 is 0 Å². The number of hydrogen-bond acceptors (Lipinski definition) is 10. The van der Waals surface area contributed by atoms with Gasteiger partial charge < -0.3 is 20.3 Å². The van der Waals surface area contributed by atoms with E-state index in [1.807, 2.05) is 43.3 Å². The first-order valence-corrected chi connectivity index (χ1v) is 11.0. The molecule has 0 aromatic carbocycles. The molecule has 4 aromatic rings. The highest BCUT2D eigenvalue weighted by atomic mass is 32.2. The molecule has 0 aliphatic rings. The molecule has 4 rings (SSSR count). The summed E-state index contributed by atoms with van der Waals surface area (Å²) in [5.74, 6) is 1.53. The van der Waals surface area contributed by atoms with Gasteiger partial charge in [-0.15, -0.1) is 11.3 Å². The number of aromatic nitrogens is 4. The fourth-order valence-corrected chi connectivity index (χ4v) is 4.04. The van der Waals surface area contributed by atoms with Gasteiger partial charge in [-0.2, -0.15) is 0 Å². The van der Waals surface area contributed by atoms with Crippen LogP contribution in [0.4, 0.5) is 10.9 Å². The Hall–Kier alpha value is -3.05. The molecule has 0 radical (unpaired) electrons. The van der Waals surface area contributed by atoms with Gasteiger partial charge in [0.2, 0.25) is 0 Å². The minimum Gasteiger partial charge on any atom is -0.452 e. The predicted molar refractivity (Wildman–Crippen MR) is 119 cm³/mol. The third kappa shape index (κ3) is 5.56. The monoisotopic (exact) mass is 453 g/mol. The summed E-state index contributed by atoms with van der Waals surface area (Å²) in [4.78, 5) is 18.3. The second-order valence-corrected chi connectivity index (χ2v) is 8.38. The third-order valence-corrected chi connectivity index (χ3v) is 5.75. The zero-order chi connectivity index (χ0) is 21.6. The van der Waals surface area contributed by atoms with Gasteiger partial charge in [-0.3, -0.25) is 4.98 Å². The minimum atomic E-state index is -1.02. The molecule has 3 N–H and O–H groups in total. The number of hydrogen-bond donors (Lipinski definition) is 3. The molecule has 1 unspecified atom stereocenters. The first kappa shape index (κ1) is 21.2. The van der Waals surface area contributed by atoms with E-state index in [4.69, 9.17) is 9.84 Å². The van der Waals surface area contributed by atoms with Crippen molar-refractivity contribution in [2.24, 2.45) is 0 Å².